The summed E-state index contributed by atoms with van der Waals surface area (Å²) in [5.74, 6) is 0.715. The lowest BCUT2D eigenvalue weighted by atomic mass is 9.85. The predicted molar refractivity (Wildman–Crippen MR) is 94.7 cm³/mol. The van der Waals surface area contributed by atoms with Gasteiger partial charge in [0.15, 0.2) is 0 Å². The van der Waals surface area contributed by atoms with Crippen LogP contribution < -0.4 is 5.32 Å². The first-order chi connectivity index (χ1) is 11.7. The van der Waals surface area contributed by atoms with Gasteiger partial charge in [-0.25, -0.2) is 4.98 Å². The third-order valence-corrected chi connectivity index (χ3v) is 6.03. The number of nitrogens with one attached hydrogen (secondary N) is 1. The number of aromatic nitrogens is 2. The van der Waals surface area contributed by atoms with Gasteiger partial charge in [-0.1, -0.05) is 6.42 Å². The van der Waals surface area contributed by atoms with Gasteiger partial charge in [-0.05, 0) is 41.1 Å². The van der Waals surface area contributed by atoms with E-state index in [0.29, 0.717) is 5.92 Å². The molecular weight excluding hydrogens is 320 g/mol. The lowest BCUT2D eigenvalue weighted by Crippen LogP contribution is -2.43. The normalized spacial score (nSPS) is 21.3. The van der Waals surface area contributed by atoms with Crippen molar-refractivity contribution in [2.24, 2.45) is 13.0 Å². The molecule has 1 atom stereocenters. The maximum absolute atomic E-state index is 12.8. The van der Waals surface area contributed by atoms with Crippen LogP contribution in [0, 0.1) is 5.92 Å². The van der Waals surface area contributed by atoms with Crippen LogP contribution in [0.1, 0.15) is 42.1 Å². The van der Waals surface area contributed by atoms with Gasteiger partial charge >= 0.3 is 0 Å². The van der Waals surface area contributed by atoms with Gasteiger partial charge in [0, 0.05) is 33.2 Å². The molecule has 0 saturated heterocycles. The van der Waals surface area contributed by atoms with Crippen LogP contribution in [0.5, 0.6) is 0 Å². The summed E-state index contributed by atoms with van der Waals surface area (Å²) in [4.78, 5) is 19.7. The third kappa shape index (κ3) is 3.13. The van der Waals surface area contributed by atoms with Crippen LogP contribution in [-0.4, -0.2) is 33.4 Å². The van der Waals surface area contributed by atoms with E-state index in [9.17, 15) is 4.79 Å². The molecule has 0 radical (unpaired) electrons. The Morgan fingerprint density at radius 2 is 2.33 bits per heavy atom. The number of fused-ring (bicyclic) bond motifs is 1. The number of carbonyl (C=O) groups is 1. The summed E-state index contributed by atoms with van der Waals surface area (Å²) >= 11 is 1.72. The standard InChI is InChI=1S/C18H24N4OS/c1-21-12-20-16-10-22(8-14-5-6-24-11-14)9-15(17(16)21)18(23)19-7-13-3-2-4-13/h5-6,11-13,15H,2-4,7-10H2,1H3,(H,19,23)/t15-/m0/s1. The van der Waals surface area contributed by atoms with Crippen molar-refractivity contribution in [2.45, 2.75) is 38.3 Å². The quantitative estimate of drug-likeness (QED) is 0.907. The van der Waals surface area contributed by atoms with E-state index in [0.717, 1.165) is 37.6 Å². The highest BCUT2D eigenvalue weighted by Gasteiger charge is 2.34. The highest BCUT2D eigenvalue weighted by atomic mass is 32.1. The number of nitrogens with zero attached hydrogens (tertiary/aromatic N) is 3. The minimum Gasteiger partial charge on any atom is -0.355 e. The second-order valence-electron chi connectivity index (χ2n) is 7.08. The van der Waals surface area contributed by atoms with Gasteiger partial charge in [-0.2, -0.15) is 11.3 Å². The Morgan fingerprint density at radius 3 is 3.04 bits per heavy atom. The first kappa shape index (κ1) is 15.8. The third-order valence-electron chi connectivity index (χ3n) is 5.30. The summed E-state index contributed by atoms with van der Waals surface area (Å²) in [6.45, 7) is 3.29. The molecule has 4 rings (SSSR count). The molecule has 1 aliphatic heterocycles. The van der Waals surface area contributed by atoms with Gasteiger partial charge in [-0.3, -0.25) is 9.69 Å². The van der Waals surface area contributed by atoms with Gasteiger partial charge in [0.2, 0.25) is 5.91 Å². The van der Waals surface area contributed by atoms with E-state index >= 15 is 0 Å². The molecule has 0 spiro atoms. The average Bonchev–Trinajstić information content (AvgIpc) is 3.15. The van der Waals surface area contributed by atoms with Gasteiger partial charge in [0.1, 0.15) is 0 Å². The summed E-state index contributed by atoms with van der Waals surface area (Å²) < 4.78 is 2.02. The molecule has 1 aliphatic carbocycles. The van der Waals surface area contributed by atoms with Crippen LogP contribution in [0.15, 0.2) is 23.2 Å². The lowest BCUT2D eigenvalue weighted by molar-refractivity contribution is -0.123. The number of amides is 1. The van der Waals surface area contributed by atoms with E-state index in [4.69, 9.17) is 0 Å². The van der Waals surface area contributed by atoms with Crippen molar-refractivity contribution in [3.8, 4) is 0 Å². The molecule has 1 amide bonds. The Hall–Kier alpha value is -1.66. The van der Waals surface area contributed by atoms with Gasteiger partial charge in [0.05, 0.1) is 23.6 Å². The van der Waals surface area contributed by atoms with E-state index in [1.165, 1.54) is 24.8 Å². The van der Waals surface area contributed by atoms with Gasteiger partial charge < -0.3 is 9.88 Å². The molecule has 5 nitrogen and oxygen atoms in total. The van der Waals surface area contributed by atoms with Crippen LogP contribution in [0.25, 0.3) is 0 Å². The molecule has 1 fully saturated rings. The number of imidazole rings is 1. The maximum Gasteiger partial charge on any atom is 0.230 e. The minimum absolute atomic E-state index is 0.125. The fourth-order valence-corrected chi connectivity index (χ4v) is 4.37. The number of thiophene rings is 1. The van der Waals surface area contributed by atoms with Crippen molar-refractivity contribution >= 4 is 17.2 Å². The molecule has 0 unspecified atom stereocenters. The second kappa shape index (κ2) is 6.69. The summed E-state index contributed by atoms with van der Waals surface area (Å²) in [6.07, 6.45) is 5.66. The fraction of sp³-hybridized carbons (Fsp3) is 0.556. The summed E-state index contributed by atoms with van der Waals surface area (Å²) in [6, 6.07) is 2.16. The zero-order chi connectivity index (χ0) is 16.5. The molecule has 0 aromatic carbocycles. The average molecular weight is 344 g/mol. The van der Waals surface area contributed by atoms with E-state index in [1.807, 2.05) is 17.9 Å². The van der Waals surface area contributed by atoms with E-state index in [2.05, 4.69) is 32.0 Å². The zero-order valence-corrected chi connectivity index (χ0v) is 14.9. The molecule has 1 N–H and O–H groups in total. The Labute approximate surface area is 146 Å². The smallest absolute Gasteiger partial charge is 0.230 e. The summed E-state index contributed by atoms with van der Waals surface area (Å²) in [5.41, 5.74) is 3.44. The predicted octanol–water partition coefficient (Wildman–Crippen LogP) is 2.50. The lowest BCUT2D eigenvalue weighted by Gasteiger charge is -2.33. The minimum atomic E-state index is -0.125. The molecule has 2 aromatic rings. The SMILES string of the molecule is Cn1cnc2c1[C@@H](C(=O)NCC1CCC1)CN(Cc1ccsc1)C2. The topological polar surface area (TPSA) is 50.2 Å². The number of hydrogen-bond donors (Lipinski definition) is 1. The summed E-state index contributed by atoms with van der Waals surface area (Å²) in [5, 5.41) is 7.47. The fourth-order valence-electron chi connectivity index (χ4n) is 3.71. The Balaban J connectivity index is 1.49. The van der Waals surface area contributed by atoms with Crippen molar-refractivity contribution in [2.75, 3.05) is 13.1 Å². The second-order valence-corrected chi connectivity index (χ2v) is 7.86. The van der Waals surface area contributed by atoms with Gasteiger partial charge in [-0.15, -0.1) is 0 Å². The molecule has 3 heterocycles. The first-order valence-corrected chi connectivity index (χ1v) is 9.66. The van der Waals surface area contributed by atoms with Crippen molar-refractivity contribution in [1.29, 1.82) is 0 Å². The maximum atomic E-state index is 12.8. The summed E-state index contributed by atoms with van der Waals surface area (Å²) in [7, 11) is 1.99. The van der Waals surface area contributed by atoms with Crippen LogP contribution in [0.4, 0.5) is 0 Å². The van der Waals surface area contributed by atoms with Crippen molar-refractivity contribution in [1.82, 2.24) is 19.8 Å². The molecule has 24 heavy (non-hydrogen) atoms. The first-order valence-electron chi connectivity index (χ1n) is 8.72. The van der Waals surface area contributed by atoms with Crippen molar-refractivity contribution in [3.63, 3.8) is 0 Å². The molecule has 0 bridgehead atoms. The molecule has 2 aromatic heterocycles. The number of hydrogen-bond acceptors (Lipinski definition) is 4. The molecule has 6 heteroatoms. The zero-order valence-electron chi connectivity index (χ0n) is 14.1. The highest BCUT2D eigenvalue weighted by molar-refractivity contribution is 7.07. The van der Waals surface area contributed by atoms with Crippen molar-refractivity contribution < 1.29 is 4.79 Å². The molecule has 128 valence electrons. The molecular formula is C18H24N4OS. The highest BCUT2D eigenvalue weighted by Crippen LogP contribution is 2.30. The number of rotatable bonds is 5. The van der Waals surface area contributed by atoms with Crippen LogP contribution in [0.3, 0.4) is 0 Å². The van der Waals surface area contributed by atoms with Crippen molar-refractivity contribution in [3.05, 3.63) is 40.1 Å². The van der Waals surface area contributed by atoms with Crippen LogP contribution in [0.2, 0.25) is 0 Å². The Kier molecular flexibility index (Phi) is 4.41. The monoisotopic (exact) mass is 344 g/mol. The van der Waals surface area contributed by atoms with Crippen LogP contribution >= 0.6 is 11.3 Å². The van der Waals surface area contributed by atoms with E-state index in [1.54, 1.807) is 11.3 Å². The van der Waals surface area contributed by atoms with E-state index in [-0.39, 0.29) is 11.8 Å². The Bertz CT molecular complexity index is 705. The van der Waals surface area contributed by atoms with Crippen LogP contribution in [-0.2, 0) is 24.9 Å². The van der Waals surface area contributed by atoms with E-state index < -0.39 is 0 Å². The number of carbonyl (C=O) groups excluding carboxylic acids is 1. The van der Waals surface area contributed by atoms with Gasteiger partial charge in [0.25, 0.3) is 0 Å². The molecule has 2 aliphatic rings. The molecule has 1 saturated carbocycles. The largest absolute Gasteiger partial charge is 0.355 e. The Morgan fingerprint density at radius 1 is 1.46 bits per heavy atom. The number of aryl methyl sites for hydroxylation is 1.